The molecule has 0 unspecified atom stereocenters. The first-order chi connectivity index (χ1) is 12.1. The summed E-state index contributed by atoms with van der Waals surface area (Å²) in [4.78, 5) is 22.6. The van der Waals surface area contributed by atoms with E-state index in [1.807, 2.05) is 18.5 Å². The Hall–Kier alpha value is -2.00. The Morgan fingerprint density at radius 2 is 2.00 bits per heavy atom. The molecule has 0 saturated carbocycles. The third-order valence-corrected chi connectivity index (χ3v) is 6.01. The molecule has 2 aromatic heterocycles. The smallest absolute Gasteiger partial charge is 0.240 e. The van der Waals surface area contributed by atoms with Gasteiger partial charge >= 0.3 is 0 Å². The fraction of sp³-hybridized carbons (Fsp3) is 0.625. The molecule has 0 radical (unpaired) electrons. The number of nitrogens with zero attached hydrogens (tertiary/aromatic N) is 6. The Morgan fingerprint density at radius 3 is 2.68 bits per heavy atom. The van der Waals surface area contributed by atoms with Crippen molar-refractivity contribution >= 4 is 28.3 Å². The minimum atomic E-state index is 0.0235. The molecule has 8 nitrogen and oxygen atoms in total. The van der Waals surface area contributed by atoms with Crippen LogP contribution in [0.1, 0.15) is 22.8 Å². The van der Waals surface area contributed by atoms with E-state index in [2.05, 4.69) is 30.3 Å². The highest BCUT2D eigenvalue weighted by atomic mass is 32.1. The van der Waals surface area contributed by atoms with Crippen LogP contribution in [0.5, 0.6) is 0 Å². The lowest BCUT2D eigenvalue weighted by Gasteiger charge is -2.34. The van der Waals surface area contributed by atoms with Crippen molar-refractivity contribution in [3.63, 3.8) is 0 Å². The van der Waals surface area contributed by atoms with Crippen LogP contribution in [0.3, 0.4) is 0 Å². The van der Waals surface area contributed by atoms with Crippen molar-refractivity contribution < 1.29 is 4.79 Å². The summed E-state index contributed by atoms with van der Waals surface area (Å²) in [5.41, 5.74) is 1.17. The number of anilines is 2. The molecule has 1 N–H and O–H groups in total. The number of hydrogen-bond donors (Lipinski definition) is 1. The van der Waals surface area contributed by atoms with Gasteiger partial charge in [0.1, 0.15) is 5.82 Å². The molecule has 25 heavy (non-hydrogen) atoms. The van der Waals surface area contributed by atoms with Crippen LogP contribution in [0.25, 0.3) is 0 Å². The minimum Gasteiger partial charge on any atom is -0.338 e. The van der Waals surface area contributed by atoms with Crippen molar-refractivity contribution in [1.82, 2.24) is 24.6 Å². The highest BCUT2D eigenvalue weighted by molar-refractivity contribution is 7.15. The zero-order valence-electron chi connectivity index (χ0n) is 14.7. The summed E-state index contributed by atoms with van der Waals surface area (Å²) < 4.78 is 2.00. The fourth-order valence-electron chi connectivity index (χ4n) is 3.38. The van der Waals surface area contributed by atoms with Gasteiger partial charge in [0, 0.05) is 38.1 Å². The van der Waals surface area contributed by atoms with Gasteiger partial charge in [-0.25, -0.2) is 4.98 Å². The average molecular weight is 361 g/mol. The van der Waals surface area contributed by atoms with Crippen LogP contribution in [0.15, 0.2) is 0 Å². The lowest BCUT2D eigenvalue weighted by molar-refractivity contribution is -0.117. The summed E-state index contributed by atoms with van der Waals surface area (Å²) >= 11 is 1.63. The van der Waals surface area contributed by atoms with Gasteiger partial charge in [-0.3, -0.25) is 9.69 Å². The van der Waals surface area contributed by atoms with Crippen LogP contribution < -0.4 is 10.2 Å². The number of amides is 1. The van der Waals surface area contributed by atoms with Crippen LogP contribution in [-0.4, -0.2) is 63.3 Å². The molecular weight excluding hydrogens is 338 g/mol. The van der Waals surface area contributed by atoms with Gasteiger partial charge in [-0.05, 0) is 26.2 Å². The summed E-state index contributed by atoms with van der Waals surface area (Å²) in [7, 11) is 1.98. The molecule has 1 amide bonds. The number of nitrogens with one attached hydrogen (secondary N) is 1. The molecular formula is C16H23N7OS. The van der Waals surface area contributed by atoms with Gasteiger partial charge in [0.05, 0.1) is 12.2 Å². The van der Waals surface area contributed by atoms with Gasteiger partial charge < -0.3 is 14.8 Å². The van der Waals surface area contributed by atoms with Crippen LogP contribution in [0.4, 0.5) is 11.1 Å². The molecule has 3 heterocycles. The lowest BCUT2D eigenvalue weighted by atomic mass is 10.3. The van der Waals surface area contributed by atoms with E-state index in [4.69, 9.17) is 0 Å². The third-order valence-electron chi connectivity index (χ3n) is 4.93. The number of hydrogen-bond acceptors (Lipinski definition) is 7. The van der Waals surface area contributed by atoms with E-state index >= 15 is 0 Å². The molecule has 4 rings (SSSR count). The maximum atomic E-state index is 12.3. The predicted molar refractivity (Wildman–Crippen MR) is 97.2 cm³/mol. The minimum absolute atomic E-state index is 0.0235. The van der Waals surface area contributed by atoms with Gasteiger partial charge in [-0.15, -0.1) is 21.5 Å². The SMILES string of the molecule is Cc1nnc(N2CCN(CC(=O)Nc3nc4c(s3)CCC4)CC2)n1C. The van der Waals surface area contributed by atoms with E-state index in [0.29, 0.717) is 6.54 Å². The molecule has 1 saturated heterocycles. The number of rotatable bonds is 4. The van der Waals surface area contributed by atoms with E-state index < -0.39 is 0 Å². The zero-order valence-corrected chi connectivity index (χ0v) is 15.5. The van der Waals surface area contributed by atoms with Crippen LogP contribution >= 0.6 is 11.3 Å². The van der Waals surface area contributed by atoms with Gasteiger partial charge in [-0.2, -0.15) is 0 Å². The van der Waals surface area contributed by atoms with Gasteiger partial charge in [0.25, 0.3) is 0 Å². The quantitative estimate of drug-likeness (QED) is 0.869. The highest BCUT2D eigenvalue weighted by Gasteiger charge is 2.23. The first-order valence-corrected chi connectivity index (χ1v) is 9.53. The standard InChI is InChI=1S/C16H23N7OS/c1-11-19-20-16(21(11)2)23-8-6-22(7-9-23)10-14(24)18-15-17-12-4-3-5-13(12)25-15/h3-10H2,1-2H3,(H,17,18,24). The number of aromatic nitrogens is 4. The van der Waals surface area contributed by atoms with E-state index in [-0.39, 0.29) is 5.91 Å². The summed E-state index contributed by atoms with van der Waals surface area (Å²) in [6.07, 6.45) is 3.34. The first-order valence-electron chi connectivity index (χ1n) is 8.72. The molecule has 0 spiro atoms. The van der Waals surface area contributed by atoms with Crippen molar-refractivity contribution in [2.45, 2.75) is 26.2 Å². The van der Waals surface area contributed by atoms with Crippen molar-refractivity contribution in [2.24, 2.45) is 7.05 Å². The molecule has 134 valence electrons. The molecule has 1 fully saturated rings. The fourth-order valence-corrected chi connectivity index (χ4v) is 4.45. The van der Waals surface area contributed by atoms with Crippen LogP contribution in [0, 0.1) is 6.92 Å². The largest absolute Gasteiger partial charge is 0.338 e. The molecule has 9 heteroatoms. The van der Waals surface area contributed by atoms with Gasteiger partial charge in [0.15, 0.2) is 5.13 Å². The van der Waals surface area contributed by atoms with E-state index in [9.17, 15) is 4.79 Å². The number of piperazine rings is 1. The number of aryl methyl sites for hydroxylation is 3. The third kappa shape index (κ3) is 3.38. The predicted octanol–water partition coefficient (Wildman–Crippen LogP) is 0.829. The normalized spacial score (nSPS) is 17.8. The number of carbonyl (C=O) groups excluding carboxylic acids is 1. The van der Waals surface area contributed by atoms with Crippen molar-refractivity contribution in [3.8, 4) is 0 Å². The van der Waals surface area contributed by atoms with E-state index in [1.165, 1.54) is 17.0 Å². The maximum absolute atomic E-state index is 12.3. The summed E-state index contributed by atoms with van der Waals surface area (Å²) in [6, 6.07) is 0. The zero-order chi connectivity index (χ0) is 17.4. The lowest BCUT2D eigenvalue weighted by Crippen LogP contribution is -2.49. The molecule has 0 bridgehead atoms. The summed E-state index contributed by atoms with van der Waals surface area (Å²) in [6.45, 7) is 5.75. The molecule has 1 aliphatic heterocycles. The summed E-state index contributed by atoms with van der Waals surface area (Å²) in [5, 5.41) is 12.1. The second kappa shape index (κ2) is 6.72. The Kier molecular flexibility index (Phi) is 4.43. The Labute approximate surface area is 150 Å². The average Bonchev–Trinajstić information content (AvgIpc) is 3.25. The molecule has 2 aliphatic rings. The first kappa shape index (κ1) is 16.5. The topological polar surface area (TPSA) is 79.2 Å². The van der Waals surface area contributed by atoms with Gasteiger partial charge in [-0.1, -0.05) is 0 Å². The Morgan fingerprint density at radius 1 is 1.20 bits per heavy atom. The second-order valence-electron chi connectivity index (χ2n) is 6.66. The Bertz CT molecular complexity index is 754. The van der Waals surface area contributed by atoms with Crippen LogP contribution in [-0.2, 0) is 24.7 Å². The molecule has 2 aromatic rings. The molecule has 0 aromatic carbocycles. The molecule has 0 atom stereocenters. The number of fused-ring (bicyclic) bond motifs is 1. The molecule has 1 aliphatic carbocycles. The maximum Gasteiger partial charge on any atom is 0.240 e. The van der Waals surface area contributed by atoms with Crippen molar-refractivity contribution in [1.29, 1.82) is 0 Å². The van der Waals surface area contributed by atoms with E-state index in [0.717, 1.165) is 55.9 Å². The van der Waals surface area contributed by atoms with Crippen LogP contribution in [0.2, 0.25) is 0 Å². The second-order valence-corrected chi connectivity index (χ2v) is 7.74. The van der Waals surface area contributed by atoms with Crippen molar-refractivity contribution in [3.05, 3.63) is 16.4 Å². The van der Waals surface area contributed by atoms with E-state index in [1.54, 1.807) is 11.3 Å². The van der Waals surface area contributed by atoms with Crippen molar-refractivity contribution in [2.75, 3.05) is 42.9 Å². The number of thiazole rings is 1. The monoisotopic (exact) mass is 361 g/mol. The summed E-state index contributed by atoms with van der Waals surface area (Å²) in [5.74, 6) is 1.83. The van der Waals surface area contributed by atoms with Gasteiger partial charge in [0.2, 0.25) is 11.9 Å². The highest BCUT2D eigenvalue weighted by Crippen LogP contribution is 2.30. The Balaban J connectivity index is 1.28. The number of carbonyl (C=O) groups is 1.